The van der Waals surface area contributed by atoms with Gasteiger partial charge in [0.1, 0.15) is 5.54 Å². The minimum absolute atomic E-state index is 0.0226. The average Bonchev–Trinajstić information content (AvgIpc) is 2.37. The van der Waals surface area contributed by atoms with Gasteiger partial charge in [-0.3, -0.25) is 0 Å². The Morgan fingerprint density at radius 3 is 2.38 bits per heavy atom. The Morgan fingerprint density at radius 1 is 1.24 bits per heavy atom. The molecule has 4 atom stereocenters. The number of hydrogen-bond acceptors (Lipinski definition) is 3. The van der Waals surface area contributed by atoms with Gasteiger partial charge >= 0.3 is 12.0 Å². The number of aliphatic carboxylic acids is 1. The molecular weight excluding hydrogens is 272 g/mol. The summed E-state index contributed by atoms with van der Waals surface area (Å²) in [5.74, 6) is -0.602. The normalized spacial score (nSPS) is 37.1. The largest absolute Gasteiger partial charge is 0.480 e. The number of nitrogens with one attached hydrogen (secondary N) is 1. The summed E-state index contributed by atoms with van der Waals surface area (Å²) in [4.78, 5) is 25.8. The molecule has 2 fully saturated rings. The fraction of sp³-hybridized carbons (Fsp3) is 0.867. The number of carboxylic acid groups (broad SMARTS) is 1. The van der Waals surface area contributed by atoms with Gasteiger partial charge in [0.05, 0.1) is 12.2 Å². The summed E-state index contributed by atoms with van der Waals surface area (Å²) >= 11 is 0. The third-order valence-electron chi connectivity index (χ3n) is 4.46. The first-order valence-electron chi connectivity index (χ1n) is 7.78. The lowest BCUT2D eigenvalue weighted by molar-refractivity contribution is -0.146. The maximum atomic E-state index is 12.5. The SMILES string of the molecule is CC1CCCC(NC(=O)N2C[C@@H](C)O[C@@H](C)C2)(C(=O)O)C1. The molecule has 6 heteroatoms. The predicted molar refractivity (Wildman–Crippen MR) is 78.1 cm³/mol. The third-order valence-corrected chi connectivity index (χ3v) is 4.46. The highest BCUT2D eigenvalue weighted by Gasteiger charge is 2.44. The summed E-state index contributed by atoms with van der Waals surface area (Å²) < 4.78 is 5.61. The number of ether oxygens (including phenoxy) is 1. The van der Waals surface area contributed by atoms with Gasteiger partial charge in [0.25, 0.3) is 0 Å². The second kappa shape index (κ2) is 6.22. The molecule has 1 aliphatic carbocycles. The Morgan fingerprint density at radius 2 is 1.86 bits per heavy atom. The minimum atomic E-state index is -1.11. The first kappa shape index (κ1) is 16.1. The standard InChI is InChI=1S/C15H26N2O4/c1-10-5-4-6-15(7-10,13(18)19)16-14(20)17-8-11(2)21-12(3)9-17/h10-12H,4-9H2,1-3H3,(H,16,20)(H,18,19)/t10?,11-,12+,15?. The zero-order chi connectivity index (χ0) is 15.6. The van der Waals surface area contributed by atoms with Crippen molar-refractivity contribution in [3.63, 3.8) is 0 Å². The van der Waals surface area contributed by atoms with Crippen LogP contribution in [0.5, 0.6) is 0 Å². The number of carbonyl (C=O) groups excluding carboxylic acids is 1. The average molecular weight is 298 g/mol. The Kier molecular flexibility index (Phi) is 4.76. The van der Waals surface area contributed by atoms with Gasteiger partial charge < -0.3 is 20.1 Å². The predicted octanol–water partition coefficient (Wildman–Crippen LogP) is 1.84. The van der Waals surface area contributed by atoms with Gasteiger partial charge in [-0.05, 0) is 32.6 Å². The van der Waals surface area contributed by atoms with E-state index in [1.807, 2.05) is 20.8 Å². The van der Waals surface area contributed by atoms with E-state index in [9.17, 15) is 14.7 Å². The third kappa shape index (κ3) is 3.67. The summed E-state index contributed by atoms with van der Waals surface area (Å²) in [7, 11) is 0. The van der Waals surface area contributed by atoms with Crippen molar-refractivity contribution in [3.05, 3.63) is 0 Å². The molecule has 2 N–H and O–H groups in total. The minimum Gasteiger partial charge on any atom is -0.480 e. The second-order valence-corrected chi connectivity index (χ2v) is 6.68. The number of morpholine rings is 1. The van der Waals surface area contributed by atoms with Gasteiger partial charge in [-0.15, -0.1) is 0 Å². The van der Waals surface area contributed by atoms with Crippen molar-refractivity contribution in [3.8, 4) is 0 Å². The molecule has 0 radical (unpaired) electrons. The van der Waals surface area contributed by atoms with Gasteiger partial charge in [0, 0.05) is 13.1 Å². The Bertz CT molecular complexity index is 404. The summed E-state index contributed by atoms with van der Waals surface area (Å²) in [6.45, 7) is 6.89. The van der Waals surface area contributed by atoms with E-state index in [0.717, 1.165) is 12.8 Å². The lowest BCUT2D eigenvalue weighted by Gasteiger charge is -2.41. The molecule has 2 unspecified atom stereocenters. The molecule has 0 bridgehead atoms. The monoisotopic (exact) mass is 298 g/mol. The summed E-state index contributed by atoms with van der Waals surface area (Å²) in [6, 6.07) is -0.284. The van der Waals surface area contributed by atoms with E-state index in [4.69, 9.17) is 4.74 Å². The van der Waals surface area contributed by atoms with Crippen LogP contribution in [-0.2, 0) is 9.53 Å². The number of urea groups is 1. The molecule has 0 aromatic carbocycles. The van der Waals surface area contributed by atoms with Crippen LogP contribution in [0, 0.1) is 5.92 Å². The van der Waals surface area contributed by atoms with Crippen LogP contribution in [0.15, 0.2) is 0 Å². The van der Waals surface area contributed by atoms with Crippen LogP contribution in [0.4, 0.5) is 4.79 Å². The number of nitrogens with zero attached hydrogens (tertiary/aromatic N) is 1. The van der Waals surface area contributed by atoms with Crippen LogP contribution >= 0.6 is 0 Å². The van der Waals surface area contributed by atoms with Crippen molar-refractivity contribution in [2.75, 3.05) is 13.1 Å². The quantitative estimate of drug-likeness (QED) is 0.815. The van der Waals surface area contributed by atoms with Crippen molar-refractivity contribution in [1.82, 2.24) is 10.2 Å². The molecule has 2 aliphatic rings. The van der Waals surface area contributed by atoms with Crippen LogP contribution < -0.4 is 5.32 Å². The molecule has 2 rings (SSSR count). The zero-order valence-electron chi connectivity index (χ0n) is 13.1. The number of rotatable bonds is 2. The molecule has 1 heterocycles. The molecule has 120 valence electrons. The molecule has 2 amide bonds. The van der Waals surface area contributed by atoms with Gasteiger partial charge in [-0.2, -0.15) is 0 Å². The summed E-state index contributed by atoms with van der Waals surface area (Å²) in [5, 5.41) is 12.4. The van der Waals surface area contributed by atoms with E-state index in [1.54, 1.807) is 4.90 Å². The molecule has 1 saturated heterocycles. The van der Waals surface area contributed by atoms with E-state index >= 15 is 0 Å². The maximum absolute atomic E-state index is 12.5. The fourth-order valence-electron chi connectivity index (χ4n) is 3.54. The van der Waals surface area contributed by atoms with E-state index in [0.29, 0.717) is 31.8 Å². The molecule has 1 aliphatic heterocycles. The van der Waals surface area contributed by atoms with Gasteiger partial charge in [0.15, 0.2) is 0 Å². The maximum Gasteiger partial charge on any atom is 0.329 e. The van der Waals surface area contributed by atoms with Crippen LogP contribution in [0.25, 0.3) is 0 Å². The lowest BCUT2D eigenvalue weighted by atomic mass is 9.76. The number of carbonyl (C=O) groups is 2. The van der Waals surface area contributed by atoms with E-state index in [-0.39, 0.29) is 18.2 Å². The van der Waals surface area contributed by atoms with Gasteiger partial charge in [-0.1, -0.05) is 19.8 Å². The van der Waals surface area contributed by atoms with E-state index in [2.05, 4.69) is 5.32 Å². The second-order valence-electron chi connectivity index (χ2n) is 6.68. The summed E-state index contributed by atoms with van der Waals surface area (Å²) in [6.07, 6.45) is 2.83. The summed E-state index contributed by atoms with van der Waals surface area (Å²) in [5.41, 5.74) is -1.11. The Labute approximate surface area is 125 Å². The van der Waals surface area contributed by atoms with Gasteiger partial charge in [-0.25, -0.2) is 9.59 Å². The Hall–Kier alpha value is -1.30. The number of carboxylic acids is 1. The molecule has 6 nitrogen and oxygen atoms in total. The van der Waals surface area contributed by atoms with E-state index in [1.165, 1.54) is 0 Å². The topological polar surface area (TPSA) is 78.9 Å². The highest BCUT2D eigenvalue weighted by Crippen LogP contribution is 2.32. The molecule has 1 saturated carbocycles. The highest BCUT2D eigenvalue weighted by atomic mass is 16.5. The molecule has 0 aromatic heterocycles. The van der Waals surface area contributed by atoms with Crippen LogP contribution in [-0.4, -0.2) is 52.8 Å². The molecule has 0 spiro atoms. The van der Waals surface area contributed by atoms with Crippen molar-refractivity contribution in [2.45, 2.75) is 64.2 Å². The Balaban J connectivity index is 2.06. The number of hydrogen-bond donors (Lipinski definition) is 2. The van der Waals surface area contributed by atoms with Crippen LogP contribution in [0.3, 0.4) is 0 Å². The first-order valence-corrected chi connectivity index (χ1v) is 7.78. The van der Waals surface area contributed by atoms with Crippen molar-refractivity contribution in [1.29, 1.82) is 0 Å². The van der Waals surface area contributed by atoms with Crippen LogP contribution in [0.1, 0.15) is 46.5 Å². The molecule has 21 heavy (non-hydrogen) atoms. The number of amides is 2. The lowest BCUT2D eigenvalue weighted by Crippen LogP contribution is -2.61. The first-order chi connectivity index (χ1) is 9.82. The van der Waals surface area contributed by atoms with Crippen molar-refractivity contribution >= 4 is 12.0 Å². The van der Waals surface area contributed by atoms with Crippen molar-refractivity contribution in [2.24, 2.45) is 5.92 Å². The van der Waals surface area contributed by atoms with E-state index < -0.39 is 11.5 Å². The fourth-order valence-corrected chi connectivity index (χ4v) is 3.54. The molecule has 0 aromatic rings. The zero-order valence-corrected chi connectivity index (χ0v) is 13.1. The molecular formula is C15H26N2O4. The van der Waals surface area contributed by atoms with Crippen LogP contribution in [0.2, 0.25) is 0 Å². The van der Waals surface area contributed by atoms with Gasteiger partial charge in [0.2, 0.25) is 0 Å². The van der Waals surface area contributed by atoms with Crippen molar-refractivity contribution < 1.29 is 19.4 Å². The smallest absolute Gasteiger partial charge is 0.329 e. The highest BCUT2D eigenvalue weighted by molar-refractivity contribution is 5.86.